The van der Waals surface area contributed by atoms with Crippen LogP contribution in [0.4, 0.5) is 0 Å². The lowest BCUT2D eigenvalue weighted by Gasteiger charge is -2.18. The molecule has 0 rings (SSSR count). The average Bonchev–Trinajstić information content (AvgIpc) is 3.20. The van der Waals surface area contributed by atoms with Crippen molar-refractivity contribution in [3.05, 3.63) is 0 Å². The van der Waals surface area contributed by atoms with Gasteiger partial charge in [0.2, 0.25) is 0 Å². The summed E-state index contributed by atoms with van der Waals surface area (Å²) >= 11 is 0. The molecule has 59 heavy (non-hydrogen) atoms. The van der Waals surface area contributed by atoms with E-state index in [0.29, 0.717) is 19.3 Å². The summed E-state index contributed by atoms with van der Waals surface area (Å²) in [5.74, 6) is 0.829. The van der Waals surface area contributed by atoms with Gasteiger partial charge in [-0.1, -0.05) is 253 Å². The maximum absolute atomic E-state index is 12.7. The summed E-state index contributed by atoms with van der Waals surface area (Å²) in [6.45, 7) is 11.4. The molecule has 0 N–H and O–H groups in total. The SMILES string of the molecule is CCCCCCCCCCCC(=O)O[C@H](COC(=O)CCCCCCCCCCCCCCCCC(C)C)COC(=O)CCCCCCCCCCCCCCC(C)C. The van der Waals surface area contributed by atoms with Crippen LogP contribution < -0.4 is 0 Å². The van der Waals surface area contributed by atoms with Crippen molar-refractivity contribution < 1.29 is 28.6 Å². The summed E-state index contributed by atoms with van der Waals surface area (Å²) < 4.78 is 16.8. The Labute approximate surface area is 368 Å². The second-order valence-electron chi connectivity index (χ2n) is 19.1. The Bertz CT molecular complexity index is 900. The lowest BCUT2D eigenvalue weighted by molar-refractivity contribution is -0.167. The van der Waals surface area contributed by atoms with Crippen molar-refractivity contribution in [2.45, 2.75) is 298 Å². The number of hydrogen-bond donors (Lipinski definition) is 0. The lowest BCUT2D eigenvalue weighted by atomic mass is 10.0. The molecule has 0 unspecified atom stereocenters. The molecule has 1 atom stereocenters. The minimum atomic E-state index is -0.760. The highest BCUT2D eigenvalue weighted by Crippen LogP contribution is 2.17. The van der Waals surface area contributed by atoms with Gasteiger partial charge in [-0.15, -0.1) is 0 Å². The molecule has 0 radical (unpaired) electrons. The van der Waals surface area contributed by atoms with Crippen LogP contribution in [0, 0.1) is 11.8 Å². The monoisotopic (exact) mass is 835 g/mol. The van der Waals surface area contributed by atoms with Crippen LogP contribution in [0.5, 0.6) is 0 Å². The molecular weight excluding hydrogens is 733 g/mol. The van der Waals surface area contributed by atoms with E-state index in [-0.39, 0.29) is 31.1 Å². The highest BCUT2D eigenvalue weighted by Gasteiger charge is 2.19. The van der Waals surface area contributed by atoms with Crippen LogP contribution in [-0.4, -0.2) is 37.2 Å². The fourth-order valence-corrected chi connectivity index (χ4v) is 7.99. The molecule has 6 nitrogen and oxygen atoms in total. The Balaban J connectivity index is 4.23. The zero-order valence-electron chi connectivity index (χ0n) is 40.4. The predicted octanol–water partition coefficient (Wildman–Crippen LogP) is 16.9. The van der Waals surface area contributed by atoms with Gasteiger partial charge in [0.1, 0.15) is 13.2 Å². The van der Waals surface area contributed by atoms with Gasteiger partial charge in [-0.25, -0.2) is 0 Å². The maximum Gasteiger partial charge on any atom is 0.306 e. The van der Waals surface area contributed by atoms with Gasteiger partial charge in [0.25, 0.3) is 0 Å². The number of hydrogen-bond acceptors (Lipinski definition) is 6. The number of unbranched alkanes of at least 4 members (excludes halogenated alkanes) is 32. The fraction of sp³-hybridized carbons (Fsp3) is 0.943. The van der Waals surface area contributed by atoms with Crippen LogP contribution in [-0.2, 0) is 28.6 Å². The van der Waals surface area contributed by atoms with Crippen LogP contribution >= 0.6 is 0 Å². The van der Waals surface area contributed by atoms with Crippen molar-refractivity contribution in [2.24, 2.45) is 11.8 Å². The van der Waals surface area contributed by atoms with Crippen LogP contribution in [0.25, 0.3) is 0 Å². The minimum absolute atomic E-state index is 0.0636. The molecule has 6 heteroatoms. The van der Waals surface area contributed by atoms with Gasteiger partial charge in [-0.3, -0.25) is 14.4 Å². The molecule has 0 spiro atoms. The Kier molecular flexibility index (Phi) is 44.7. The van der Waals surface area contributed by atoms with E-state index < -0.39 is 6.10 Å². The number of esters is 3. The van der Waals surface area contributed by atoms with Crippen molar-refractivity contribution in [1.82, 2.24) is 0 Å². The van der Waals surface area contributed by atoms with E-state index >= 15 is 0 Å². The van der Waals surface area contributed by atoms with Crippen LogP contribution in [0.2, 0.25) is 0 Å². The largest absolute Gasteiger partial charge is 0.462 e. The van der Waals surface area contributed by atoms with Gasteiger partial charge in [-0.05, 0) is 31.1 Å². The lowest BCUT2D eigenvalue weighted by Crippen LogP contribution is -2.30. The van der Waals surface area contributed by atoms with E-state index in [2.05, 4.69) is 34.6 Å². The first kappa shape index (κ1) is 57.4. The van der Waals surface area contributed by atoms with E-state index in [1.54, 1.807) is 0 Å². The molecular formula is C53H102O6. The molecule has 0 aliphatic heterocycles. The van der Waals surface area contributed by atoms with Crippen molar-refractivity contribution in [1.29, 1.82) is 0 Å². The fourth-order valence-electron chi connectivity index (χ4n) is 7.99. The Hall–Kier alpha value is -1.59. The maximum atomic E-state index is 12.7. The van der Waals surface area contributed by atoms with E-state index in [0.717, 1.165) is 69.6 Å². The van der Waals surface area contributed by atoms with E-state index in [1.807, 2.05) is 0 Å². The molecule has 0 aliphatic rings. The van der Waals surface area contributed by atoms with Gasteiger partial charge >= 0.3 is 17.9 Å². The summed E-state index contributed by atoms with van der Waals surface area (Å²) in [5, 5.41) is 0. The average molecular weight is 835 g/mol. The molecule has 0 saturated carbocycles. The standard InChI is InChI=1S/C53H102O6/c1-6-7-8-9-10-21-30-35-40-45-53(56)59-50(47-58-52(55)44-39-34-29-25-20-16-15-18-23-27-32-37-42-49(4)5)46-57-51(54)43-38-33-28-24-19-14-12-11-13-17-22-26-31-36-41-48(2)3/h48-50H,6-47H2,1-5H3/t50-/m1/s1. The van der Waals surface area contributed by atoms with E-state index in [9.17, 15) is 14.4 Å². The van der Waals surface area contributed by atoms with E-state index in [4.69, 9.17) is 14.2 Å². The highest BCUT2D eigenvalue weighted by atomic mass is 16.6. The second-order valence-corrected chi connectivity index (χ2v) is 19.1. The Morgan fingerprint density at radius 2 is 0.559 bits per heavy atom. The van der Waals surface area contributed by atoms with Crippen LogP contribution in [0.1, 0.15) is 291 Å². The van der Waals surface area contributed by atoms with Crippen LogP contribution in [0.3, 0.4) is 0 Å². The Morgan fingerprint density at radius 3 is 0.831 bits per heavy atom. The summed E-state index contributed by atoms with van der Waals surface area (Å²) in [6.07, 6.45) is 46.6. The molecule has 0 aliphatic carbocycles. The molecule has 0 aromatic rings. The first-order valence-electron chi connectivity index (χ1n) is 26.2. The first-order valence-corrected chi connectivity index (χ1v) is 26.2. The number of rotatable bonds is 47. The third kappa shape index (κ3) is 47.3. The molecule has 0 aromatic carbocycles. The smallest absolute Gasteiger partial charge is 0.306 e. The molecule has 0 saturated heterocycles. The zero-order valence-corrected chi connectivity index (χ0v) is 40.4. The minimum Gasteiger partial charge on any atom is -0.462 e. The van der Waals surface area contributed by atoms with Gasteiger partial charge in [-0.2, -0.15) is 0 Å². The summed E-state index contributed by atoms with van der Waals surface area (Å²) in [4.78, 5) is 37.9. The van der Waals surface area contributed by atoms with Gasteiger partial charge in [0.15, 0.2) is 6.10 Å². The van der Waals surface area contributed by atoms with E-state index in [1.165, 1.54) is 180 Å². The van der Waals surface area contributed by atoms with Crippen molar-refractivity contribution in [3.63, 3.8) is 0 Å². The third-order valence-electron chi connectivity index (χ3n) is 12.0. The third-order valence-corrected chi connectivity index (χ3v) is 12.0. The summed E-state index contributed by atoms with van der Waals surface area (Å²) in [7, 11) is 0. The first-order chi connectivity index (χ1) is 28.7. The van der Waals surface area contributed by atoms with Gasteiger partial charge < -0.3 is 14.2 Å². The second kappa shape index (κ2) is 45.9. The molecule has 0 amide bonds. The van der Waals surface area contributed by atoms with Gasteiger partial charge in [0, 0.05) is 19.3 Å². The number of carbonyl (C=O) groups excluding carboxylic acids is 3. The summed E-state index contributed by atoms with van der Waals surface area (Å²) in [6, 6.07) is 0. The molecule has 0 aromatic heterocycles. The van der Waals surface area contributed by atoms with Gasteiger partial charge in [0.05, 0.1) is 0 Å². The van der Waals surface area contributed by atoms with Crippen molar-refractivity contribution in [2.75, 3.05) is 13.2 Å². The van der Waals surface area contributed by atoms with Crippen molar-refractivity contribution in [3.8, 4) is 0 Å². The molecule has 0 bridgehead atoms. The predicted molar refractivity (Wildman–Crippen MR) is 252 cm³/mol. The zero-order chi connectivity index (χ0) is 43.3. The molecule has 350 valence electrons. The molecule has 0 heterocycles. The summed E-state index contributed by atoms with van der Waals surface area (Å²) in [5.41, 5.74) is 0. The number of carbonyl (C=O) groups is 3. The number of ether oxygens (including phenoxy) is 3. The Morgan fingerprint density at radius 1 is 0.322 bits per heavy atom. The topological polar surface area (TPSA) is 78.9 Å². The quantitative estimate of drug-likeness (QED) is 0.0345. The van der Waals surface area contributed by atoms with Crippen molar-refractivity contribution >= 4 is 17.9 Å². The molecule has 0 fully saturated rings. The van der Waals surface area contributed by atoms with Crippen LogP contribution in [0.15, 0.2) is 0 Å². The highest BCUT2D eigenvalue weighted by molar-refractivity contribution is 5.71. The normalized spacial score (nSPS) is 12.1.